The van der Waals surface area contributed by atoms with Crippen LogP contribution >= 0.6 is 11.9 Å². The van der Waals surface area contributed by atoms with E-state index in [9.17, 15) is 13.2 Å². The molecule has 0 aromatic heterocycles. The molecule has 1 nitrogen and oxygen atoms in total. The van der Waals surface area contributed by atoms with Gasteiger partial charge in [0.2, 0.25) is 0 Å². The van der Waals surface area contributed by atoms with Crippen molar-refractivity contribution in [3.05, 3.63) is 0 Å². The molecule has 0 atom stereocenters. The van der Waals surface area contributed by atoms with Gasteiger partial charge in [-0.15, -0.1) is 0 Å². The van der Waals surface area contributed by atoms with Gasteiger partial charge in [-0.3, -0.25) is 0 Å². The van der Waals surface area contributed by atoms with Crippen LogP contribution in [-0.4, -0.2) is 12.1 Å². The third kappa shape index (κ3) is 10.1. The summed E-state index contributed by atoms with van der Waals surface area (Å²) in [7, 11) is 0. The van der Waals surface area contributed by atoms with Crippen LogP contribution in [0.3, 0.4) is 0 Å². The Labute approximate surface area is 68.9 Å². The van der Waals surface area contributed by atoms with Gasteiger partial charge in [-0.05, 0) is 6.42 Å². The number of hydrogen-bond donors (Lipinski definition) is 1. The summed E-state index contributed by atoms with van der Waals surface area (Å²) in [4.78, 5) is 0. The highest BCUT2D eigenvalue weighted by Gasteiger charge is 2.26. The van der Waals surface area contributed by atoms with E-state index in [4.69, 9.17) is 0 Å². The van der Waals surface area contributed by atoms with E-state index >= 15 is 0 Å². The highest BCUT2D eigenvalue weighted by molar-refractivity contribution is 7.97. The second kappa shape index (κ2) is 5.71. The average molecular weight is 187 g/mol. The molecule has 68 valence electrons. The SMILES string of the molecule is CCCCCSNC(F)(F)F. The predicted octanol–water partition coefficient (Wildman–Crippen LogP) is 2.93. The first-order valence-electron chi connectivity index (χ1n) is 3.52. The topological polar surface area (TPSA) is 12.0 Å². The molecular weight excluding hydrogens is 175 g/mol. The molecule has 0 rings (SSSR count). The molecule has 0 saturated carbocycles. The summed E-state index contributed by atoms with van der Waals surface area (Å²) in [5, 5.41) is 0. The van der Waals surface area contributed by atoms with Crippen LogP contribution in [0.2, 0.25) is 0 Å². The van der Waals surface area contributed by atoms with E-state index in [1.54, 1.807) is 0 Å². The fourth-order valence-electron chi connectivity index (χ4n) is 0.557. The Balaban J connectivity index is 3.02. The summed E-state index contributed by atoms with van der Waals surface area (Å²) in [5.74, 6) is 0.521. The largest absolute Gasteiger partial charge is 0.466 e. The van der Waals surface area contributed by atoms with Crippen LogP contribution in [0.15, 0.2) is 0 Å². The summed E-state index contributed by atoms with van der Waals surface area (Å²) in [6.45, 7) is 2.02. The van der Waals surface area contributed by atoms with E-state index in [0.29, 0.717) is 5.75 Å². The average Bonchev–Trinajstić information content (AvgIpc) is 1.85. The molecule has 0 heterocycles. The van der Waals surface area contributed by atoms with Crippen LogP contribution in [-0.2, 0) is 0 Å². The van der Waals surface area contributed by atoms with Gasteiger partial charge >= 0.3 is 6.30 Å². The van der Waals surface area contributed by atoms with Gasteiger partial charge in [0.1, 0.15) is 0 Å². The van der Waals surface area contributed by atoms with E-state index < -0.39 is 6.30 Å². The smallest absolute Gasteiger partial charge is 0.172 e. The number of rotatable bonds is 5. The Kier molecular flexibility index (Phi) is 5.76. The highest BCUT2D eigenvalue weighted by atomic mass is 32.2. The van der Waals surface area contributed by atoms with E-state index in [0.717, 1.165) is 31.2 Å². The van der Waals surface area contributed by atoms with Crippen molar-refractivity contribution < 1.29 is 13.2 Å². The molecule has 0 aliphatic carbocycles. The maximum Gasteiger partial charge on any atom is 0.466 e. The third-order valence-electron chi connectivity index (χ3n) is 1.04. The van der Waals surface area contributed by atoms with Crippen LogP contribution in [0.1, 0.15) is 26.2 Å². The molecule has 0 saturated heterocycles. The van der Waals surface area contributed by atoms with Gasteiger partial charge < -0.3 is 0 Å². The Bertz CT molecular complexity index is 94.3. The quantitative estimate of drug-likeness (QED) is 0.403. The summed E-state index contributed by atoms with van der Waals surface area (Å²) in [6, 6.07) is 0. The Morgan fingerprint density at radius 1 is 1.27 bits per heavy atom. The number of alkyl halides is 3. The van der Waals surface area contributed by atoms with Crippen LogP contribution in [0.5, 0.6) is 0 Å². The molecule has 0 aliphatic heterocycles. The second-order valence-electron chi connectivity index (χ2n) is 2.16. The zero-order valence-electron chi connectivity index (χ0n) is 6.37. The van der Waals surface area contributed by atoms with E-state index in [2.05, 4.69) is 0 Å². The molecule has 0 aromatic rings. The molecule has 0 aliphatic rings. The Morgan fingerprint density at radius 3 is 2.36 bits per heavy atom. The predicted molar refractivity (Wildman–Crippen MR) is 41.2 cm³/mol. The Hall–Kier alpha value is 0.100. The normalized spacial score (nSPS) is 12.0. The molecule has 11 heavy (non-hydrogen) atoms. The van der Waals surface area contributed by atoms with Gasteiger partial charge in [-0.1, -0.05) is 31.7 Å². The van der Waals surface area contributed by atoms with Crippen LogP contribution < -0.4 is 4.72 Å². The molecule has 0 spiro atoms. The van der Waals surface area contributed by atoms with Crippen molar-refractivity contribution in [1.82, 2.24) is 4.72 Å². The highest BCUT2D eigenvalue weighted by Crippen LogP contribution is 2.15. The second-order valence-corrected chi connectivity index (χ2v) is 3.06. The minimum absolute atomic E-state index is 0.521. The van der Waals surface area contributed by atoms with Crippen molar-refractivity contribution in [2.45, 2.75) is 32.5 Å². The lowest BCUT2D eigenvalue weighted by Gasteiger charge is -2.06. The van der Waals surface area contributed by atoms with E-state index in [1.165, 1.54) is 4.72 Å². The summed E-state index contributed by atoms with van der Waals surface area (Å²) in [6.07, 6.45) is -1.37. The Morgan fingerprint density at radius 2 is 1.91 bits per heavy atom. The van der Waals surface area contributed by atoms with Gasteiger partial charge in [0.25, 0.3) is 0 Å². The third-order valence-corrected chi connectivity index (χ3v) is 1.91. The summed E-state index contributed by atoms with van der Waals surface area (Å²) < 4.78 is 35.7. The van der Waals surface area contributed by atoms with Crippen molar-refractivity contribution in [1.29, 1.82) is 0 Å². The molecule has 5 heteroatoms. The maximum absolute atomic E-state index is 11.4. The van der Waals surface area contributed by atoms with Crippen molar-refractivity contribution >= 4 is 11.9 Å². The zero-order valence-corrected chi connectivity index (χ0v) is 7.19. The lowest BCUT2D eigenvalue weighted by molar-refractivity contribution is -0.136. The van der Waals surface area contributed by atoms with Crippen molar-refractivity contribution in [2.24, 2.45) is 0 Å². The molecular formula is C6H12F3NS. The van der Waals surface area contributed by atoms with Crippen molar-refractivity contribution in [3.8, 4) is 0 Å². The fourth-order valence-corrected chi connectivity index (χ4v) is 1.17. The monoisotopic (exact) mass is 187 g/mol. The van der Waals surface area contributed by atoms with Gasteiger partial charge in [0.05, 0.1) is 0 Å². The standard InChI is InChI=1S/C6H12F3NS/c1-2-3-4-5-11-10-6(7,8)9/h10H,2-5H2,1H3. The van der Waals surface area contributed by atoms with Gasteiger partial charge in [-0.2, -0.15) is 17.9 Å². The lowest BCUT2D eigenvalue weighted by Crippen LogP contribution is -2.25. The fraction of sp³-hybridized carbons (Fsp3) is 1.00. The minimum Gasteiger partial charge on any atom is -0.172 e. The van der Waals surface area contributed by atoms with Crippen molar-refractivity contribution in [3.63, 3.8) is 0 Å². The number of unbranched alkanes of at least 4 members (excludes halogenated alkanes) is 2. The van der Waals surface area contributed by atoms with Crippen molar-refractivity contribution in [2.75, 3.05) is 5.75 Å². The molecule has 0 radical (unpaired) electrons. The van der Waals surface area contributed by atoms with E-state index in [1.807, 2.05) is 6.92 Å². The van der Waals surface area contributed by atoms with Crippen LogP contribution in [0.25, 0.3) is 0 Å². The number of hydrogen-bond acceptors (Lipinski definition) is 2. The van der Waals surface area contributed by atoms with Gasteiger partial charge in [0, 0.05) is 5.75 Å². The molecule has 0 aromatic carbocycles. The van der Waals surface area contributed by atoms with Crippen LogP contribution in [0, 0.1) is 0 Å². The molecule has 0 bridgehead atoms. The van der Waals surface area contributed by atoms with Crippen LogP contribution in [0.4, 0.5) is 13.2 Å². The molecule has 0 amide bonds. The molecule has 1 N–H and O–H groups in total. The van der Waals surface area contributed by atoms with Gasteiger partial charge in [-0.25, -0.2) is 0 Å². The molecule has 0 unspecified atom stereocenters. The summed E-state index contributed by atoms with van der Waals surface area (Å²) in [5.41, 5.74) is 0. The maximum atomic E-state index is 11.4. The molecule has 0 fully saturated rings. The van der Waals surface area contributed by atoms with E-state index in [-0.39, 0.29) is 0 Å². The first kappa shape index (κ1) is 11.1. The zero-order chi connectivity index (χ0) is 8.74. The number of halogens is 3. The first-order chi connectivity index (χ1) is 5.06. The number of nitrogens with one attached hydrogen (secondary N) is 1. The summed E-state index contributed by atoms with van der Waals surface area (Å²) >= 11 is 0.725. The van der Waals surface area contributed by atoms with Gasteiger partial charge in [0.15, 0.2) is 0 Å². The minimum atomic E-state index is -4.24. The lowest BCUT2D eigenvalue weighted by atomic mass is 10.3. The first-order valence-corrected chi connectivity index (χ1v) is 4.50.